The zero-order chi connectivity index (χ0) is 21.7. The van der Waals surface area contributed by atoms with Gasteiger partial charge in [0, 0.05) is 20.6 Å². The summed E-state index contributed by atoms with van der Waals surface area (Å²) in [6, 6.07) is 8.53. The lowest BCUT2D eigenvalue weighted by Gasteiger charge is -2.22. The fraction of sp³-hybridized carbons (Fsp3) is 0.400. The molecule has 0 spiro atoms. The Labute approximate surface area is 175 Å². The number of likely N-dealkylation sites (tertiary alicyclic amines) is 1. The molecule has 1 aliphatic heterocycles. The summed E-state index contributed by atoms with van der Waals surface area (Å²) >= 11 is 0. The summed E-state index contributed by atoms with van der Waals surface area (Å²) in [7, 11) is -0.579. The van der Waals surface area contributed by atoms with E-state index in [-0.39, 0.29) is 29.8 Å². The Hall–Kier alpha value is -2.85. The van der Waals surface area contributed by atoms with Crippen molar-refractivity contribution in [1.29, 1.82) is 0 Å². The Kier molecular flexibility index (Phi) is 6.78. The molecule has 9 nitrogen and oxygen atoms in total. The molecule has 0 saturated carbocycles. The molecule has 10 heteroatoms. The summed E-state index contributed by atoms with van der Waals surface area (Å²) in [6.07, 6.45) is 2.66. The molecule has 0 radical (unpaired) electrons. The molecule has 0 bridgehead atoms. The Bertz CT molecular complexity index is 969. The summed E-state index contributed by atoms with van der Waals surface area (Å²) in [5, 5.41) is 0. The first-order valence-electron chi connectivity index (χ1n) is 9.47. The van der Waals surface area contributed by atoms with Gasteiger partial charge < -0.3 is 18.8 Å². The van der Waals surface area contributed by atoms with Gasteiger partial charge in [0.15, 0.2) is 5.76 Å². The molecule has 0 aliphatic carbocycles. The van der Waals surface area contributed by atoms with E-state index in [1.807, 2.05) is 0 Å². The lowest BCUT2D eigenvalue weighted by atomic mass is 10.2. The number of carbonyl (C=O) groups excluding carboxylic acids is 2. The van der Waals surface area contributed by atoms with Gasteiger partial charge in [0.2, 0.25) is 10.0 Å². The summed E-state index contributed by atoms with van der Waals surface area (Å²) in [6.45, 7) is 0.582. The van der Waals surface area contributed by atoms with Crippen molar-refractivity contribution < 1.29 is 31.9 Å². The van der Waals surface area contributed by atoms with E-state index < -0.39 is 22.0 Å². The highest BCUT2D eigenvalue weighted by Crippen LogP contribution is 2.22. The minimum absolute atomic E-state index is 0.00979. The van der Waals surface area contributed by atoms with Crippen molar-refractivity contribution in [2.45, 2.75) is 23.8 Å². The minimum atomic E-state index is -3.50. The standard InChI is InChI=1S/C20H24N2O7S/c1-21(2)30(25,26)16-9-7-15(8-10-16)27-13-14-29-20(24)17-5-3-11-22(17)19(23)18-6-4-12-28-18/h4,6-10,12,17H,3,5,11,13-14H2,1-2H3/t17-/m0/s1. The second-order valence-corrected chi connectivity index (χ2v) is 9.06. The molecule has 2 aromatic rings. The zero-order valence-electron chi connectivity index (χ0n) is 16.8. The van der Waals surface area contributed by atoms with Crippen molar-refractivity contribution in [2.24, 2.45) is 0 Å². The molecular weight excluding hydrogens is 412 g/mol. The number of amides is 1. The van der Waals surface area contributed by atoms with Crippen molar-refractivity contribution in [3.63, 3.8) is 0 Å². The van der Waals surface area contributed by atoms with Crippen molar-refractivity contribution in [1.82, 2.24) is 9.21 Å². The third kappa shape index (κ3) is 4.82. The minimum Gasteiger partial charge on any atom is -0.490 e. The number of rotatable bonds is 8. The lowest BCUT2D eigenvalue weighted by molar-refractivity contribution is -0.148. The summed E-state index contributed by atoms with van der Waals surface area (Å²) in [5.74, 6) is -0.163. The van der Waals surface area contributed by atoms with E-state index in [0.29, 0.717) is 25.1 Å². The van der Waals surface area contributed by atoms with Gasteiger partial charge in [0.1, 0.15) is 25.0 Å². The third-order valence-corrected chi connectivity index (χ3v) is 6.55. The molecule has 30 heavy (non-hydrogen) atoms. The highest BCUT2D eigenvalue weighted by molar-refractivity contribution is 7.89. The maximum absolute atomic E-state index is 12.4. The van der Waals surface area contributed by atoms with Crippen LogP contribution in [-0.4, -0.2) is 69.4 Å². The quantitative estimate of drug-likeness (QED) is 0.458. The van der Waals surface area contributed by atoms with Crippen LogP contribution in [0, 0.1) is 0 Å². The predicted octanol–water partition coefficient (Wildman–Crippen LogP) is 1.76. The monoisotopic (exact) mass is 436 g/mol. The maximum Gasteiger partial charge on any atom is 0.328 e. The molecule has 1 amide bonds. The number of benzene rings is 1. The zero-order valence-corrected chi connectivity index (χ0v) is 17.6. The average Bonchev–Trinajstić information content (AvgIpc) is 3.43. The fourth-order valence-corrected chi connectivity index (χ4v) is 4.01. The predicted molar refractivity (Wildman–Crippen MR) is 107 cm³/mol. The third-order valence-electron chi connectivity index (χ3n) is 4.72. The smallest absolute Gasteiger partial charge is 0.328 e. The SMILES string of the molecule is CN(C)S(=O)(=O)c1ccc(OCCOC(=O)[C@@H]2CCCN2C(=O)c2ccco2)cc1. The van der Waals surface area contributed by atoms with Crippen LogP contribution in [0.3, 0.4) is 0 Å². The van der Waals surface area contributed by atoms with Crippen LogP contribution in [0.2, 0.25) is 0 Å². The summed E-state index contributed by atoms with van der Waals surface area (Å²) in [4.78, 5) is 26.4. The van der Waals surface area contributed by atoms with E-state index in [9.17, 15) is 18.0 Å². The molecule has 0 unspecified atom stereocenters. The molecule has 1 saturated heterocycles. The fourth-order valence-electron chi connectivity index (χ4n) is 3.11. The highest BCUT2D eigenvalue weighted by atomic mass is 32.2. The molecular formula is C20H24N2O7S. The maximum atomic E-state index is 12.4. The van der Waals surface area contributed by atoms with Crippen LogP contribution >= 0.6 is 0 Å². The topological polar surface area (TPSA) is 106 Å². The van der Waals surface area contributed by atoms with Gasteiger partial charge in [0.05, 0.1) is 11.2 Å². The molecule has 1 fully saturated rings. The summed E-state index contributed by atoms with van der Waals surface area (Å²) in [5.41, 5.74) is 0. The van der Waals surface area contributed by atoms with Crippen LogP contribution in [0.5, 0.6) is 5.75 Å². The van der Waals surface area contributed by atoms with Gasteiger partial charge in [-0.1, -0.05) is 0 Å². The van der Waals surface area contributed by atoms with E-state index in [4.69, 9.17) is 13.9 Å². The highest BCUT2D eigenvalue weighted by Gasteiger charge is 2.36. The molecule has 1 atom stereocenters. The average molecular weight is 436 g/mol. The van der Waals surface area contributed by atoms with Crippen molar-refractivity contribution >= 4 is 21.9 Å². The lowest BCUT2D eigenvalue weighted by Crippen LogP contribution is -2.41. The molecule has 162 valence electrons. The first-order chi connectivity index (χ1) is 14.3. The van der Waals surface area contributed by atoms with Gasteiger partial charge in [-0.3, -0.25) is 4.79 Å². The van der Waals surface area contributed by atoms with Crippen LogP contribution in [0.15, 0.2) is 52.0 Å². The Morgan fingerprint density at radius 3 is 2.53 bits per heavy atom. The molecule has 1 aliphatic rings. The van der Waals surface area contributed by atoms with Crippen LogP contribution in [-0.2, 0) is 19.6 Å². The van der Waals surface area contributed by atoms with E-state index in [1.165, 1.54) is 37.4 Å². The molecule has 3 rings (SSSR count). The van der Waals surface area contributed by atoms with E-state index in [1.54, 1.807) is 24.3 Å². The summed E-state index contributed by atoms with van der Waals surface area (Å²) < 4.78 is 41.1. The van der Waals surface area contributed by atoms with Crippen LogP contribution in [0.1, 0.15) is 23.4 Å². The van der Waals surface area contributed by atoms with Crippen molar-refractivity contribution in [3.8, 4) is 5.75 Å². The van der Waals surface area contributed by atoms with Gasteiger partial charge in [-0.25, -0.2) is 17.5 Å². The number of nitrogens with zero attached hydrogens (tertiary/aromatic N) is 2. The molecule has 0 N–H and O–H groups in total. The first kappa shape index (κ1) is 21.8. The molecule has 1 aromatic carbocycles. The number of furan rings is 1. The number of carbonyl (C=O) groups is 2. The normalized spacial score (nSPS) is 16.6. The number of hydrogen-bond acceptors (Lipinski definition) is 7. The number of sulfonamides is 1. The number of esters is 1. The van der Waals surface area contributed by atoms with Crippen molar-refractivity contribution in [2.75, 3.05) is 33.9 Å². The number of ether oxygens (including phenoxy) is 2. The van der Waals surface area contributed by atoms with Gasteiger partial charge >= 0.3 is 5.97 Å². The largest absolute Gasteiger partial charge is 0.490 e. The van der Waals surface area contributed by atoms with Crippen LogP contribution < -0.4 is 4.74 Å². The van der Waals surface area contributed by atoms with Gasteiger partial charge in [-0.15, -0.1) is 0 Å². The first-order valence-corrected chi connectivity index (χ1v) is 10.9. The van der Waals surface area contributed by atoms with E-state index in [0.717, 1.165) is 4.31 Å². The van der Waals surface area contributed by atoms with E-state index in [2.05, 4.69) is 0 Å². The van der Waals surface area contributed by atoms with Crippen molar-refractivity contribution in [3.05, 3.63) is 48.4 Å². The van der Waals surface area contributed by atoms with E-state index >= 15 is 0 Å². The second kappa shape index (κ2) is 9.31. The molecule has 1 aromatic heterocycles. The molecule has 2 heterocycles. The second-order valence-electron chi connectivity index (χ2n) is 6.91. The van der Waals surface area contributed by atoms with Crippen LogP contribution in [0.4, 0.5) is 0 Å². The Morgan fingerprint density at radius 2 is 1.90 bits per heavy atom. The Morgan fingerprint density at radius 1 is 1.17 bits per heavy atom. The Balaban J connectivity index is 1.47. The number of hydrogen-bond donors (Lipinski definition) is 0. The van der Waals surface area contributed by atoms with Gasteiger partial charge in [-0.2, -0.15) is 0 Å². The van der Waals surface area contributed by atoms with Gasteiger partial charge in [-0.05, 0) is 49.2 Å². The van der Waals surface area contributed by atoms with Crippen LogP contribution in [0.25, 0.3) is 0 Å². The van der Waals surface area contributed by atoms with Gasteiger partial charge in [0.25, 0.3) is 5.91 Å².